The Bertz CT molecular complexity index is 1070. The fourth-order valence-electron chi connectivity index (χ4n) is 3.23. The Labute approximate surface area is 194 Å². The van der Waals surface area contributed by atoms with E-state index in [0.29, 0.717) is 18.0 Å². The summed E-state index contributed by atoms with van der Waals surface area (Å²) in [7, 11) is 4.93. The fourth-order valence-corrected chi connectivity index (χ4v) is 3.23. The minimum atomic E-state index is -5.08. The van der Waals surface area contributed by atoms with Crippen LogP contribution in [0.4, 0.5) is 18.9 Å². The Morgan fingerprint density at radius 3 is 2.35 bits per heavy atom. The average Bonchev–Trinajstić information content (AvgIpc) is 2.93. The van der Waals surface area contributed by atoms with Crippen molar-refractivity contribution in [3.05, 3.63) is 53.1 Å². The van der Waals surface area contributed by atoms with E-state index in [1.54, 1.807) is 26.2 Å². The number of aryl methyl sites for hydroxylation is 1. The molecule has 0 unspecified atom stereocenters. The van der Waals surface area contributed by atoms with Crippen molar-refractivity contribution in [2.45, 2.75) is 19.0 Å². The number of alkyl halides is 3. The van der Waals surface area contributed by atoms with E-state index in [4.69, 9.17) is 25.1 Å². The number of nitrogens with zero attached hydrogens (tertiary/aromatic N) is 2. The summed E-state index contributed by atoms with van der Waals surface area (Å²) < 4.78 is 42.6. The van der Waals surface area contributed by atoms with Gasteiger partial charge in [0.1, 0.15) is 6.54 Å². The lowest BCUT2D eigenvalue weighted by molar-refractivity contribution is -0.192. The summed E-state index contributed by atoms with van der Waals surface area (Å²) in [6, 6.07) is 11.9. The molecular weight excluding hydrogens is 455 g/mol. The molecule has 2 aromatic carbocycles. The molecule has 0 atom stereocenters. The number of rotatable bonds is 6. The summed E-state index contributed by atoms with van der Waals surface area (Å²) in [5, 5.41) is 7.12. The number of hydrogen-bond donors (Lipinski definition) is 2. The van der Waals surface area contributed by atoms with Crippen LogP contribution in [0, 0.1) is 0 Å². The number of ether oxygens (including phenoxy) is 2. The highest BCUT2D eigenvalue weighted by atomic mass is 19.4. The zero-order valence-corrected chi connectivity index (χ0v) is 19.0. The average molecular weight is 481 g/mol. The van der Waals surface area contributed by atoms with Gasteiger partial charge in [-0.3, -0.25) is 9.79 Å². The van der Waals surface area contributed by atoms with E-state index in [1.807, 2.05) is 24.3 Å². The van der Waals surface area contributed by atoms with Crippen molar-refractivity contribution in [2.24, 2.45) is 10.7 Å². The number of benzodiazepines with no additional fused rings is 1. The lowest BCUT2D eigenvalue weighted by atomic mass is 9.97. The van der Waals surface area contributed by atoms with Gasteiger partial charge in [-0.25, -0.2) is 4.79 Å². The van der Waals surface area contributed by atoms with Crippen LogP contribution in [0.15, 0.2) is 41.4 Å². The number of carbonyl (C=O) groups excluding carboxylic acids is 1. The van der Waals surface area contributed by atoms with Crippen LogP contribution in [0.3, 0.4) is 0 Å². The highest BCUT2D eigenvalue weighted by Crippen LogP contribution is 2.37. The predicted octanol–water partition coefficient (Wildman–Crippen LogP) is 3.04. The lowest BCUT2D eigenvalue weighted by Gasteiger charge is -2.20. The van der Waals surface area contributed by atoms with Gasteiger partial charge in [0.2, 0.25) is 5.91 Å². The Hall–Kier alpha value is -3.60. The Balaban J connectivity index is 0.000000509. The molecule has 0 radical (unpaired) electrons. The Kier molecular flexibility index (Phi) is 9.02. The second kappa shape index (κ2) is 11.5. The molecule has 0 spiro atoms. The van der Waals surface area contributed by atoms with Gasteiger partial charge < -0.3 is 25.2 Å². The highest BCUT2D eigenvalue weighted by molar-refractivity contribution is 6.20. The first-order valence-corrected chi connectivity index (χ1v) is 10.2. The number of hydrogen-bond acceptors (Lipinski definition) is 6. The number of fused-ring (bicyclic) bond motifs is 1. The minimum absolute atomic E-state index is 0.0715. The van der Waals surface area contributed by atoms with Gasteiger partial charge in [-0.1, -0.05) is 18.2 Å². The van der Waals surface area contributed by atoms with Crippen LogP contribution in [0.25, 0.3) is 0 Å². The number of halogens is 3. The van der Waals surface area contributed by atoms with Crippen molar-refractivity contribution in [2.75, 3.05) is 39.3 Å². The number of likely N-dealkylation sites (N-methyl/N-ethyl adjacent to an activating group) is 1. The van der Waals surface area contributed by atoms with Gasteiger partial charge in [0.15, 0.2) is 11.5 Å². The van der Waals surface area contributed by atoms with Crippen LogP contribution in [-0.2, 0) is 16.0 Å². The number of carboxylic acids is 1. The largest absolute Gasteiger partial charge is 0.493 e. The summed E-state index contributed by atoms with van der Waals surface area (Å²) in [5.74, 6) is -1.65. The Morgan fingerprint density at radius 2 is 1.79 bits per heavy atom. The molecule has 1 amide bonds. The summed E-state index contributed by atoms with van der Waals surface area (Å²) in [5.41, 5.74) is 10.2. The quantitative estimate of drug-likeness (QED) is 0.656. The smallest absolute Gasteiger partial charge is 0.490 e. The van der Waals surface area contributed by atoms with Gasteiger partial charge in [0.25, 0.3) is 0 Å². The van der Waals surface area contributed by atoms with E-state index in [9.17, 15) is 18.0 Å². The van der Waals surface area contributed by atoms with E-state index >= 15 is 0 Å². The first-order chi connectivity index (χ1) is 16.0. The summed E-state index contributed by atoms with van der Waals surface area (Å²) in [4.78, 5) is 27.6. The third-order valence-electron chi connectivity index (χ3n) is 4.98. The molecule has 184 valence electrons. The molecule has 0 fully saturated rings. The summed E-state index contributed by atoms with van der Waals surface area (Å²) in [6.45, 7) is 0.752. The van der Waals surface area contributed by atoms with Crippen LogP contribution in [0.2, 0.25) is 0 Å². The molecule has 8 nitrogen and oxygen atoms in total. The van der Waals surface area contributed by atoms with Crippen molar-refractivity contribution in [1.82, 2.24) is 0 Å². The highest BCUT2D eigenvalue weighted by Gasteiger charge is 2.38. The Morgan fingerprint density at radius 1 is 1.18 bits per heavy atom. The van der Waals surface area contributed by atoms with Crippen molar-refractivity contribution in [3.63, 3.8) is 0 Å². The molecule has 2 aromatic rings. The van der Waals surface area contributed by atoms with Gasteiger partial charge in [-0.15, -0.1) is 0 Å². The minimum Gasteiger partial charge on any atom is -0.493 e. The van der Waals surface area contributed by atoms with Gasteiger partial charge in [0.05, 0.1) is 25.6 Å². The second-order valence-corrected chi connectivity index (χ2v) is 7.24. The van der Waals surface area contributed by atoms with E-state index in [2.05, 4.69) is 17.1 Å². The molecule has 0 aliphatic carbocycles. The molecule has 1 heterocycles. The molecule has 3 rings (SSSR count). The van der Waals surface area contributed by atoms with Crippen LogP contribution in [-0.4, -0.2) is 63.2 Å². The van der Waals surface area contributed by atoms with Gasteiger partial charge in [0, 0.05) is 24.2 Å². The molecule has 1 aliphatic heterocycles. The molecule has 3 N–H and O–H groups in total. The summed E-state index contributed by atoms with van der Waals surface area (Å²) >= 11 is 0. The van der Waals surface area contributed by atoms with Crippen LogP contribution in [0.5, 0.6) is 11.5 Å². The lowest BCUT2D eigenvalue weighted by Crippen LogP contribution is -2.27. The molecule has 0 bridgehead atoms. The maximum Gasteiger partial charge on any atom is 0.490 e. The number of nitrogens with two attached hydrogens (primary N) is 1. The van der Waals surface area contributed by atoms with Crippen LogP contribution >= 0.6 is 0 Å². The summed E-state index contributed by atoms with van der Waals surface area (Å²) in [6.07, 6.45) is -3.24. The van der Waals surface area contributed by atoms with Crippen molar-refractivity contribution in [1.29, 1.82) is 0 Å². The predicted molar refractivity (Wildman–Crippen MR) is 121 cm³/mol. The third-order valence-corrected chi connectivity index (χ3v) is 4.98. The fraction of sp³-hybridized carbons (Fsp3) is 0.348. The van der Waals surface area contributed by atoms with Crippen molar-refractivity contribution < 1.29 is 37.3 Å². The van der Waals surface area contributed by atoms with E-state index < -0.39 is 12.1 Å². The number of carbonyl (C=O) groups is 2. The molecule has 11 heteroatoms. The van der Waals surface area contributed by atoms with Crippen molar-refractivity contribution >= 4 is 23.3 Å². The van der Waals surface area contributed by atoms with E-state index in [-0.39, 0.29) is 12.5 Å². The molecule has 0 aromatic heterocycles. The first kappa shape index (κ1) is 26.7. The number of amides is 1. The second-order valence-electron chi connectivity index (χ2n) is 7.24. The zero-order valence-electron chi connectivity index (χ0n) is 19.0. The SMILES string of the molecule is COc1cc2c(cc1OC)N(C)C(=O)CN=C2c1cccc(CCCN)c1.O=C(O)C(F)(F)F. The normalized spacial score (nSPS) is 13.2. The maximum atomic E-state index is 12.4. The number of aliphatic imine (C=N–C) groups is 1. The molecule has 1 aliphatic rings. The topological polar surface area (TPSA) is 114 Å². The number of methoxy groups -OCH3 is 2. The van der Waals surface area contributed by atoms with E-state index in [1.165, 1.54) is 5.56 Å². The number of benzene rings is 2. The number of anilines is 1. The third kappa shape index (κ3) is 6.47. The van der Waals surface area contributed by atoms with Gasteiger partial charge in [-0.2, -0.15) is 13.2 Å². The standard InChI is InChI=1S/C21H25N3O3.C2HF3O2/c1-24-17-12-19(27-3)18(26-2)11-16(17)21(23-13-20(24)25)15-8-4-6-14(10-15)7-5-9-22;3-2(4,5)1(6)7/h4,6,8,10-12H,5,7,9,13,22H2,1-3H3;(H,6,7). The molecule has 34 heavy (non-hydrogen) atoms. The number of carboxylic acid groups (broad SMARTS) is 1. The van der Waals surface area contributed by atoms with Gasteiger partial charge in [-0.05, 0) is 37.1 Å². The van der Waals surface area contributed by atoms with Crippen LogP contribution < -0.4 is 20.1 Å². The number of aliphatic carboxylic acids is 1. The maximum absolute atomic E-state index is 12.4. The van der Waals surface area contributed by atoms with Crippen LogP contribution in [0.1, 0.15) is 23.1 Å². The zero-order chi connectivity index (χ0) is 25.5. The first-order valence-electron chi connectivity index (χ1n) is 10.2. The van der Waals surface area contributed by atoms with Gasteiger partial charge >= 0.3 is 12.1 Å². The molecular formula is C23H26F3N3O5. The van der Waals surface area contributed by atoms with E-state index in [0.717, 1.165) is 35.4 Å². The molecule has 0 saturated carbocycles. The monoisotopic (exact) mass is 481 g/mol. The van der Waals surface area contributed by atoms with Crippen molar-refractivity contribution in [3.8, 4) is 11.5 Å². The molecule has 0 saturated heterocycles.